The van der Waals surface area contributed by atoms with Gasteiger partial charge in [-0.15, -0.1) is 10.2 Å². The third-order valence-corrected chi connectivity index (χ3v) is 6.94. The van der Waals surface area contributed by atoms with E-state index in [1.54, 1.807) is 53.1 Å². The molecule has 0 aliphatic carbocycles. The molecule has 5 rings (SSSR count). The van der Waals surface area contributed by atoms with E-state index in [1.165, 1.54) is 6.07 Å². The Bertz CT molecular complexity index is 1600. The molecule has 1 aromatic heterocycles. The minimum atomic E-state index is -0.993. The summed E-state index contributed by atoms with van der Waals surface area (Å²) in [6.45, 7) is 2.39. The van der Waals surface area contributed by atoms with Crippen molar-refractivity contribution in [2.24, 2.45) is 0 Å². The number of hydrogen-bond acceptors (Lipinski definition) is 8. The number of halogens is 1. The van der Waals surface area contributed by atoms with Crippen molar-refractivity contribution < 1.29 is 23.7 Å². The quantitative estimate of drug-likeness (QED) is 0.147. The molecule has 4 aromatic rings. The SMILES string of the molecule is CCn1c(SCC(=O)Nc2ccc(F)c([N+](=O)[O-])c2)nnc1-c1ccc(N2C(=O)c3ccccc3C2=O)cc1. The van der Waals surface area contributed by atoms with E-state index in [-0.39, 0.29) is 23.3 Å². The van der Waals surface area contributed by atoms with E-state index in [2.05, 4.69) is 15.5 Å². The van der Waals surface area contributed by atoms with E-state index in [1.807, 2.05) is 6.92 Å². The van der Waals surface area contributed by atoms with Gasteiger partial charge >= 0.3 is 5.69 Å². The number of nitro groups is 1. The number of fused-ring (bicyclic) bond motifs is 1. The molecule has 3 aromatic carbocycles. The predicted molar refractivity (Wildman–Crippen MR) is 141 cm³/mol. The van der Waals surface area contributed by atoms with Crippen LogP contribution in [0.5, 0.6) is 0 Å². The summed E-state index contributed by atoms with van der Waals surface area (Å²) in [5.74, 6) is -1.75. The lowest BCUT2D eigenvalue weighted by Gasteiger charge is -2.14. The fraction of sp³-hybridized carbons (Fsp3) is 0.115. The van der Waals surface area contributed by atoms with Crippen molar-refractivity contribution in [3.63, 3.8) is 0 Å². The first-order valence-electron chi connectivity index (χ1n) is 11.7. The minimum Gasteiger partial charge on any atom is -0.325 e. The summed E-state index contributed by atoms with van der Waals surface area (Å²) in [5, 5.41) is 22.3. The zero-order valence-electron chi connectivity index (χ0n) is 20.3. The van der Waals surface area contributed by atoms with Crippen LogP contribution in [0, 0.1) is 15.9 Å². The maximum Gasteiger partial charge on any atom is 0.306 e. The number of hydrogen-bond donors (Lipinski definition) is 1. The average Bonchev–Trinajstić information content (AvgIpc) is 3.46. The molecule has 196 valence electrons. The first-order chi connectivity index (χ1) is 18.8. The topological polar surface area (TPSA) is 140 Å². The first-order valence-corrected chi connectivity index (χ1v) is 12.6. The lowest BCUT2D eigenvalue weighted by atomic mass is 10.1. The third-order valence-electron chi connectivity index (χ3n) is 5.97. The van der Waals surface area contributed by atoms with Crippen LogP contribution in [-0.2, 0) is 11.3 Å². The van der Waals surface area contributed by atoms with Gasteiger partial charge in [0.25, 0.3) is 11.8 Å². The van der Waals surface area contributed by atoms with Gasteiger partial charge in [0.1, 0.15) is 0 Å². The third kappa shape index (κ3) is 4.86. The molecule has 0 saturated heterocycles. The van der Waals surface area contributed by atoms with Gasteiger partial charge in [0.15, 0.2) is 11.0 Å². The van der Waals surface area contributed by atoms with Crippen molar-refractivity contribution in [3.05, 3.63) is 93.8 Å². The summed E-state index contributed by atoms with van der Waals surface area (Å²) >= 11 is 1.12. The Morgan fingerprint density at radius 1 is 1.03 bits per heavy atom. The van der Waals surface area contributed by atoms with Crippen molar-refractivity contribution in [1.29, 1.82) is 0 Å². The number of nitrogens with zero attached hydrogens (tertiary/aromatic N) is 5. The molecular formula is C26H19FN6O5S. The maximum atomic E-state index is 13.5. The molecule has 0 bridgehead atoms. The lowest BCUT2D eigenvalue weighted by Crippen LogP contribution is -2.29. The van der Waals surface area contributed by atoms with Gasteiger partial charge in [0, 0.05) is 23.9 Å². The van der Waals surface area contributed by atoms with Crippen molar-refractivity contribution >= 4 is 46.5 Å². The van der Waals surface area contributed by atoms with Crippen LogP contribution in [0.2, 0.25) is 0 Å². The maximum absolute atomic E-state index is 13.5. The van der Waals surface area contributed by atoms with Crippen LogP contribution in [0.4, 0.5) is 21.5 Å². The number of aromatic nitrogens is 3. The summed E-state index contributed by atoms with van der Waals surface area (Å²) in [6, 6.07) is 16.6. The highest BCUT2D eigenvalue weighted by molar-refractivity contribution is 7.99. The molecule has 0 unspecified atom stereocenters. The molecule has 0 atom stereocenters. The number of benzene rings is 3. The summed E-state index contributed by atoms with van der Waals surface area (Å²) in [4.78, 5) is 49.1. The van der Waals surface area contributed by atoms with Gasteiger partial charge in [-0.25, -0.2) is 4.90 Å². The van der Waals surface area contributed by atoms with E-state index >= 15 is 0 Å². The van der Waals surface area contributed by atoms with Gasteiger partial charge in [-0.05, 0) is 55.5 Å². The second-order valence-electron chi connectivity index (χ2n) is 8.35. The molecule has 11 nitrogen and oxygen atoms in total. The number of anilines is 2. The molecule has 0 saturated carbocycles. The van der Waals surface area contributed by atoms with Crippen LogP contribution >= 0.6 is 11.8 Å². The number of rotatable bonds is 8. The van der Waals surface area contributed by atoms with Crippen LogP contribution in [0.1, 0.15) is 27.6 Å². The number of carbonyl (C=O) groups excluding carboxylic acids is 3. The van der Waals surface area contributed by atoms with Crippen molar-refractivity contribution in [2.75, 3.05) is 16.0 Å². The van der Waals surface area contributed by atoms with Crippen LogP contribution in [-0.4, -0.2) is 43.2 Å². The molecule has 13 heteroatoms. The van der Waals surface area contributed by atoms with E-state index in [0.717, 1.165) is 28.8 Å². The summed E-state index contributed by atoms with van der Waals surface area (Å²) in [7, 11) is 0. The predicted octanol–water partition coefficient (Wildman–Crippen LogP) is 4.54. The van der Waals surface area contributed by atoms with Gasteiger partial charge in [0.05, 0.1) is 27.5 Å². The summed E-state index contributed by atoms with van der Waals surface area (Å²) in [6.07, 6.45) is 0. The zero-order chi connectivity index (χ0) is 27.7. The van der Waals surface area contributed by atoms with Crippen LogP contribution in [0.25, 0.3) is 11.4 Å². The number of amides is 3. The molecule has 0 spiro atoms. The second kappa shape index (κ2) is 10.5. The normalized spacial score (nSPS) is 12.5. The molecule has 1 aliphatic heterocycles. The molecule has 0 fully saturated rings. The number of nitro benzene ring substituents is 1. The largest absolute Gasteiger partial charge is 0.325 e. The number of imide groups is 1. The smallest absolute Gasteiger partial charge is 0.306 e. The highest BCUT2D eigenvalue weighted by Gasteiger charge is 2.36. The second-order valence-corrected chi connectivity index (χ2v) is 9.29. The van der Waals surface area contributed by atoms with E-state index in [0.29, 0.717) is 39.9 Å². The van der Waals surface area contributed by atoms with E-state index in [4.69, 9.17) is 0 Å². The molecule has 1 N–H and O–H groups in total. The van der Waals surface area contributed by atoms with Crippen LogP contribution < -0.4 is 10.2 Å². The summed E-state index contributed by atoms with van der Waals surface area (Å²) < 4.78 is 15.3. The van der Waals surface area contributed by atoms with Gasteiger partial charge in [-0.1, -0.05) is 23.9 Å². The van der Waals surface area contributed by atoms with Gasteiger partial charge in [-0.3, -0.25) is 24.5 Å². The zero-order valence-corrected chi connectivity index (χ0v) is 21.1. The molecule has 39 heavy (non-hydrogen) atoms. The number of thioether (sulfide) groups is 1. The molecule has 2 heterocycles. The van der Waals surface area contributed by atoms with Gasteiger partial charge in [-0.2, -0.15) is 4.39 Å². The Balaban J connectivity index is 1.28. The molecular weight excluding hydrogens is 527 g/mol. The lowest BCUT2D eigenvalue weighted by molar-refractivity contribution is -0.387. The Morgan fingerprint density at radius 3 is 2.31 bits per heavy atom. The molecule has 1 aliphatic rings. The van der Waals surface area contributed by atoms with Crippen molar-refractivity contribution in [3.8, 4) is 11.4 Å². The minimum absolute atomic E-state index is 0.0675. The van der Waals surface area contributed by atoms with E-state index < -0.39 is 22.3 Å². The van der Waals surface area contributed by atoms with Crippen molar-refractivity contribution in [2.45, 2.75) is 18.6 Å². The number of carbonyl (C=O) groups is 3. The fourth-order valence-corrected chi connectivity index (χ4v) is 4.94. The van der Waals surface area contributed by atoms with Crippen molar-refractivity contribution in [1.82, 2.24) is 14.8 Å². The monoisotopic (exact) mass is 546 g/mol. The van der Waals surface area contributed by atoms with Gasteiger partial charge in [0.2, 0.25) is 11.7 Å². The average molecular weight is 547 g/mol. The standard InChI is InChI=1S/C26H19FN6O5S/c1-2-31-23(15-7-10-17(11-8-15)32-24(35)18-5-3-4-6-19(18)25(32)36)29-30-26(31)39-14-22(34)28-16-9-12-20(27)21(13-16)33(37)38/h3-13H,2,14H2,1H3,(H,28,34). The Labute approximate surface area is 224 Å². The first kappa shape index (κ1) is 25.7. The molecule has 3 amide bonds. The summed E-state index contributed by atoms with van der Waals surface area (Å²) in [5.41, 5.74) is 1.22. The van der Waals surface area contributed by atoms with Gasteiger partial charge < -0.3 is 9.88 Å². The fourth-order valence-electron chi connectivity index (χ4n) is 4.13. The highest BCUT2D eigenvalue weighted by atomic mass is 32.2. The Morgan fingerprint density at radius 2 is 1.69 bits per heavy atom. The Hall–Kier alpha value is -4.91. The van der Waals surface area contributed by atoms with Crippen LogP contribution in [0.15, 0.2) is 71.9 Å². The molecule has 0 radical (unpaired) electrons. The number of nitrogens with one attached hydrogen (secondary N) is 1. The Kier molecular flexibility index (Phi) is 6.90. The van der Waals surface area contributed by atoms with Crippen LogP contribution in [0.3, 0.4) is 0 Å². The highest BCUT2D eigenvalue weighted by Crippen LogP contribution is 2.31. The van der Waals surface area contributed by atoms with E-state index in [9.17, 15) is 28.9 Å².